The van der Waals surface area contributed by atoms with Crippen molar-refractivity contribution < 1.29 is 19.0 Å². The van der Waals surface area contributed by atoms with Crippen LogP contribution in [0.15, 0.2) is 28.4 Å². The third-order valence-corrected chi connectivity index (χ3v) is 5.10. The highest BCUT2D eigenvalue weighted by molar-refractivity contribution is 7.07. The number of anilines is 1. The zero-order chi connectivity index (χ0) is 18.7. The highest BCUT2D eigenvalue weighted by atomic mass is 32.1. The molecule has 0 aliphatic carbocycles. The summed E-state index contributed by atoms with van der Waals surface area (Å²) in [6, 6.07) is 4.45. The highest BCUT2D eigenvalue weighted by Gasteiger charge is 2.22. The lowest BCUT2D eigenvalue weighted by molar-refractivity contribution is -0.121. The molecule has 0 radical (unpaired) electrons. The van der Waals surface area contributed by atoms with Gasteiger partial charge in [0.05, 0.1) is 31.3 Å². The van der Waals surface area contributed by atoms with E-state index in [0.29, 0.717) is 31.9 Å². The molecule has 9 heteroatoms. The van der Waals surface area contributed by atoms with Crippen molar-refractivity contribution in [3.63, 3.8) is 0 Å². The molecule has 7 nitrogen and oxygen atoms in total. The Labute approximate surface area is 153 Å². The minimum Gasteiger partial charge on any atom is -0.494 e. The Morgan fingerprint density at radius 3 is 2.62 bits per heavy atom. The van der Waals surface area contributed by atoms with Crippen LogP contribution in [-0.4, -0.2) is 60.2 Å². The Balaban J connectivity index is 1.56. The average molecular weight is 381 g/mol. The molecule has 1 aromatic heterocycles. The fraction of sp³-hybridized carbons (Fsp3) is 0.412. The number of piperazine rings is 1. The maximum absolute atomic E-state index is 13.3. The summed E-state index contributed by atoms with van der Waals surface area (Å²) in [5.74, 6) is -0.168. The van der Waals surface area contributed by atoms with Crippen molar-refractivity contribution in [3.05, 3.63) is 39.1 Å². The first kappa shape index (κ1) is 18.4. The van der Waals surface area contributed by atoms with Crippen LogP contribution in [0.4, 0.5) is 10.1 Å². The number of halogens is 1. The van der Waals surface area contributed by atoms with Crippen LogP contribution in [0, 0.1) is 5.82 Å². The van der Waals surface area contributed by atoms with Gasteiger partial charge in [0.2, 0.25) is 5.88 Å². The molecule has 0 bridgehead atoms. The first-order valence-electron chi connectivity index (χ1n) is 8.18. The number of hydrogen-bond acceptors (Lipinski definition) is 7. The molecule has 2 heterocycles. The van der Waals surface area contributed by atoms with Gasteiger partial charge < -0.3 is 14.7 Å². The summed E-state index contributed by atoms with van der Waals surface area (Å²) >= 11 is 0.868. The van der Waals surface area contributed by atoms with Gasteiger partial charge in [0.15, 0.2) is 5.78 Å². The van der Waals surface area contributed by atoms with Gasteiger partial charge in [-0.2, -0.15) is 0 Å². The third-order valence-electron chi connectivity index (χ3n) is 4.35. The van der Waals surface area contributed by atoms with E-state index in [1.54, 1.807) is 6.07 Å². The number of methoxy groups -OCH3 is 1. The zero-order valence-electron chi connectivity index (χ0n) is 14.4. The minimum absolute atomic E-state index is 0.125. The topological polar surface area (TPSA) is 75.0 Å². The summed E-state index contributed by atoms with van der Waals surface area (Å²) in [7, 11) is 1.51. The van der Waals surface area contributed by atoms with Gasteiger partial charge in [-0.25, -0.2) is 4.39 Å². The number of ketones is 1. The highest BCUT2D eigenvalue weighted by Crippen LogP contribution is 2.29. The second kappa shape index (κ2) is 7.88. The van der Waals surface area contributed by atoms with Crippen molar-refractivity contribution >= 4 is 22.8 Å². The van der Waals surface area contributed by atoms with E-state index < -0.39 is 0 Å². The molecule has 1 N–H and O–H groups in total. The smallest absolute Gasteiger partial charge is 0.310 e. The number of aromatic hydroxyl groups is 1. The number of benzene rings is 1. The van der Waals surface area contributed by atoms with E-state index in [1.807, 2.05) is 4.90 Å². The van der Waals surface area contributed by atoms with E-state index in [9.17, 15) is 19.1 Å². The molecule has 26 heavy (non-hydrogen) atoms. The van der Waals surface area contributed by atoms with Gasteiger partial charge in [0.1, 0.15) is 11.6 Å². The van der Waals surface area contributed by atoms with E-state index in [4.69, 9.17) is 4.74 Å². The molecule has 1 aliphatic heterocycles. The molecular formula is C17H20FN3O4S. The van der Waals surface area contributed by atoms with Crippen LogP contribution in [0.5, 0.6) is 11.6 Å². The number of carbonyl (C=O) groups excluding carboxylic acids is 1. The van der Waals surface area contributed by atoms with Gasteiger partial charge in [0, 0.05) is 32.2 Å². The molecule has 0 amide bonds. The predicted octanol–water partition coefficient (Wildman–Crippen LogP) is 1.15. The quantitative estimate of drug-likeness (QED) is 0.809. The predicted molar refractivity (Wildman–Crippen MR) is 96.9 cm³/mol. The number of nitrogens with zero attached hydrogens (tertiary/aromatic N) is 3. The molecule has 1 aromatic carbocycles. The Kier molecular flexibility index (Phi) is 5.58. The summed E-state index contributed by atoms with van der Waals surface area (Å²) in [5.41, 5.74) is 0.828. The lowest BCUT2D eigenvalue weighted by Gasteiger charge is -2.36. The molecule has 1 aliphatic rings. The lowest BCUT2D eigenvalue weighted by atomic mass is 10.2. The van der Waals surface area contributed by atoms with Gasteiger partial charge >= 0.3 is 4.87 Å². The van der Waals surface area contributed by atoms with E-state index in [0.717, 1.165) is 21.6 Å². The van der Waals surface area contributed by atoms with Crippen LogP contribution in [0.1, 0.15) is 0 Å². The van der Waals surface area contributed by atoms with Crippen molar-refractivity contribution in [2.45, 2.75) is 6.54 Å². The van der Waals surface area contributed by atoms with Crippen molar-refractivity contribution in [2.24, 2.45) is 0 Å². The molecule has 1 saturated heterocycles. The Bertz CT molecular complexity index is 843. The van der Waals surface area contributed by atoms with Gasteiger partial charge in [-0.3, -0.25) is 19.1 Å². The van der Waals surface area contributed by atoms with Crippen LogP contribution in [0.2, 0.25) is 0 Å². The van der Waals surface area contributed by atoms with Crippen molar-refractivity contribution in [3.8, 4) is 11.6 Å². The molecule has 0 saturated carbocycles. The molecule has 0 atom stereocenters. The molecule has 1 fully saturated rings. The van der Waals surface area contributed by atoms with Gasteiger partial charge in [-0.15, -0.1) is 0 Å². The number of aromatic nitrogens is 1. The van der Waals surface area contributed by atoms with Gasteiger partial charge in [-0.05, 0) is 12.1 Å². The molecule has 3 rings (SSSR count). The SMILES string of the molecule is COc1cc(F)ccc1N1CCN(CC(=O)Cn2c(O)csc2=O)CC1. The largest absolute Gasteiger partial charge is 0.494 e. The second-order valence-electron chi connectivity index (χ2n) is 6.06. The fourth-order valence-corrected chi connectivity index (χ4v) is 3.62. The van der Waals surface area contributed by atoms with Gasteiger partial charge in [0.25, 0.3) is 0 Å². The van der Waals surface area contributed by atoms with Crippen LogP contribution in [-0.2, 0) is 11.3 Å². The standard InChI is InChI=1S/C17H20FN3O4S/c1-25-15-8-12(18)2-3-14(15)20-6-4-19(5-7-20)9-13(22)10-21-16(23)11-26-17(21)24/h2-3,8,11,23H,4-7,9-10H2,1H3. The first-order valence-corrected chi connectivity index (χ1v) is 9.05. The maximum atomic E-state index is 13.3. The zero-order valence-corrected chi connectivity index (χ0v) is 15.2. The molecule has 0 spiro atoms. The number of hydrogen-bond donors (Lipinski definition) is 1. The number of rotatable bonds is 6. The summed E-state index contributed by atoms with van der Waals surface area (Å²) in [5, 5.41) is 10.9. The Hall–Kier alpha value is -2.39. The second-order valence-corrected chi connectivity index (χ2v) is 6.88. The summed E-state index contributed by atoms with van der Waals surface area (Å²) in [4.78, 5) is 27.5. The van der Waals surface area contributed by atoms with E-state index in [1.165, 1.54) is 24.6 Å². The molecule has 2 aromatic rings. The minimum atomic E-state index is -0.346. The van der Waals surface area contributed by atoms with Crippen LogP contribution < -0.4 is 14.5 Å². The number of Topliss-reactive ketones (excluding diaryl/α,β-unsaturated/α-hetero) is 1. The average Bonchev–Trinajstić information content (AvgIpc) is 2.94. The number of thiazole rings is 1. The summed E-state index contributed by atoms with van der Waals surface area (Å²) < 4.78 is 19.7. The molecule has 0 unspecified atom stereocenters. The maximum Gasteiger partial charge on any atom is 0.310 e. The number of ether oxygens (including phenoxy) is 1. The fourth-order valence-electron chi connectivity index (χ4n) is 3.00. The summed E-state index contributed by atoms with van der Waals surface area (Å²) in [6.45, 7) is 2.78. The van der Waals surface area contributed by atoms with Crippen molar-refractivity contribution in [2.75, 3.05) is 44.7 Å². The molecule has 140 valence electrons. The Morgan fingerprint density at radius 2 is 2.00 bits per heavy atom. The van der Waals surface area contributed by atoms with Crippen molar-refractivity contribution in [1.82, 2.24) is 9.47 Å². The monoisotopic (exact) mass is 381 g/mol. The first-order chi connectivity index (χ1) is 12.5. The van der Waals surface area contributed by atoms with Crippen molar-refractivity contribution in [1.29, 1.82) is 0 Å². The normalized spacial score (nSPS) is 15.2. The lowest BCUT2D eigenvalue weighted by Crippen LogP contribution is -2.48. The third kappa shape index (κ3) is 4.05. The number of carbonyl (C=O) groups is 1. The van der Waals surface area contributed by atoms with Gasteiger partial charge in [-0.1, -0.05) is 11.3 Å². The van der Waals surface area contributed by atoms with E-state index in [2.05, 4.69) is 4.90 Å². The summed E-state index contributed by atoms with van der Waals surface area (Å²) in [6.07, 6.45) is 0. The van der Waals surface area contributed by atoms with E-state index >= 15 is 0 Å². The van der Waals surface area contributed by atoms with Crippen LogP contribution in [0.25, 0.3) is 0 Å². The van der Waals surface area contributed by atoms with Crippen LogP contribution >= 0.6 is 11.3 Å². The van der Waals surface area contributed by atoms with E-state index in [-0.39, 0.29) is 35.4 Å². The Morgan fingerprint density at radius 1 is 1.27 bits per heavy atom. The molecular weight excluding hydrogens is 361 g/mol. The van der Waals surface area contributed by atoms with Crippen LogP contribution in [0.3, 0.4) is 0 Å².